The van der Waals surface area contributed by atoms with Gasteiger partial charge in [0.15, 0.2) is 0 Å². The van der Waals surface area contributed by atoms with Gasteiger partial charge in [-0.3, -0.25) is 0 Å². The normalized spacial score (nSPS) is 10.8. The molecule has 0 aliphatic rings. The molecular formula is C15H12ClNOS. The summed E-state index contributed by atoms with van der Waals surface area (Å²) < 4.78 is 6.95. The molecule has 0 aliphatic heterocycles. The van der Waals surface area contributed by atoms with Crippen LogP contribution in [-0.4, -0.2) is 0 Å². The summed E-state index contributed by atoms with van der Waals surface area (Å²) in [5, 5.41) is 3.90. The van der Waals surface area contributed by atoms with E-state index in [1.807, 2.05) is 36.4 Å². The van der Waals surface area contributed by atoms with E-state index in [9.17, 15) is 0 Å². The Morgan fingerprint density at radius 3 is 2.68 bits per heavy atom. The first-order valence-electron chi connectivity index (χ1n) is 5.87. The van der Waals surface area contributed by atoms with Gasteiger partial charge in [-0.15, -0.1) is 11.3 Å². The fourth-order valence-corrected chi connectivity index (χ4v) is 3.09. The topological polar surface area (TPSA) is 35.2 Å². The molecule has 0 saturated carbocycles. The van der Waals surface area contributed by atoms with E-state index in [1.54, 1.807) is 11.3 Å². The van der Waals surface area contributed by atoms with Crippen LogP contribution in [0.5, 0.6) is 5.75 Å². The number of nitrogen functional groups attached to an aromatic ring is 1. The van der Waals surface area contributed by atoms with Crippen molar-refractivity contribution >= 4 is 38.7 Å². The van der Waals surface area contributed by atoms with Crippen molar-refractivity contribution < 1.29 is 4.74 Å². The van der Waals surface area contributed by atoms with Crippen molar-refractivity contribution in [1.82, 2.24) is 0 Å². The van der Waals surface area contributed by atoms with Gasteiger partial charge in [0.1, 0.15) is 12.4 Å². The van der Waals surface area contributed by atoms with Crippen LogP contribution in [0.3, 0.4) is 0 Å². The lowest BCUT2D eigenvalue weighted by molar-refractivity contribution is 0.308. The molecule has 4 heteroatoms. The first-order chi connectivity index (χ1) is 9.24. The molecule has 2 aromatic carbocycles. The Balaban J connectivity index is 1.84. The zero-order valence-electron chi connectivity index (χ0n) is 10.1. The number of fused-ring (bicyclic) bond motifs is 1. The SMILES string of the molecule is Nc1cccc2scc(COc3ccc(Cl)cc3)c12. The highest BCUT2D eigenvalue weighted by Gasteiger charge is 2.07. The summed E-state index contributed by atoms with van der Waals surface area (Å²) in [7, 11) is 0. The van der Waals surface area contributed by atoms with Crippen LogP contribution in [0.15, 0.2) is 47.8 Å². The van der Waals surface area contributed by atoms with Gasteiger partial charge in [0.05, 0.1) is 0 Å². The average Bonchev–Trinajstić information content (AvgIpc) is 2.83. The molecule has 96 valence electrons. The molecule has 1 aromatic heterocycles. The second-order valence-corrected chi connectivity index (χ2v) is 5.57. The van der Waals surface area contributed by atoms with Crippen LogP contribution in [0.2, 0.25) is 5.02 Å². The molecule has 0 amide bonds. The van der Waals surface area contributed by atoms with Crippen LogP contribution in [-0.2, 0) is 6.61 Å². The van der Waals surface area contributed by atoms with Gasteiger partial charge >= 0.3 is 0 Å². The highest BCUT2D eigenvalue weighted by molar-refractivity contribution is 7.17. The zero-order chi connectivity index (χ0) is 13.2. The molecule has 0 radical (unpaired) electrons. The molecule has 1 heterocycles. The molecule has 0 bridgehead atoms. The van der Waals surface area contributed by atoms with Crippen LogP contribution in [0.25, 0.3) is 10.1 Å². The van der Waals surface area contributed by atoms with Gasteiger partial charge in [0, 0.05) is 26.4 Å². The summed E-state index contributed by atoms with van der Waals surface area (Å²) in [6.45, 7) is 0.510. The number of ether oxygens (including phenoxy) is 1. The Kier molecular flexibility index (Phi) is 3.32. The van der Waals surface area contributed by atoms with Crippen LogP contribution >= 0.6 is 22.9 Å². The summed E-state index contributed by atoms with van der Waals surface area (Å²) in [4.78, 5) is 0. The number of hydrogen-bond donors (Lipinski definition) is 1. The number of rotatable bonds is 3. The maximum Gasteiger partial charge on any atom is 0.119 e. The number of nitrogens with two attached hydrogens (primary N) is 1. The predicted octanol–water partition coefficient (Wildman–Crippen LogP) is 4.72. The van der Waals surface area contributed by atoms with Crippen molar-refractivity contribution in [2.75, 3.05) is 5.73 Å². The first kappa shape index (κ1) is 12.3. The molecule has 2 nitrogen and oxygen atoms in total. The minimum Gasteiger partial charge on any atom is -0.489 e. The van der Waals surface area contributed by atoms with Gasteiger partial charge < -0.3 is 10.5 Å². The molecule has 0 atom stereocenters. The van der Waals surface area contributed by atoms with Gasteiger partial charge in [0.2, 0.25) is 0 Å². The van der Waals surface area contributed by atoms with E-state index >= 15 is 0 Å². The van der Waals surface area contributed by atoms with E-state index in [1.165, 1.54) is 4.70 Å². The smallest absolute Gasteiger partial charge is 0.119 e. The van der Waals surface area contributed by atoms with Crippen LogP contribution in [0.4, 0.5) is 5.69 Å². The Morgan fingerprint density at radius 1 is 1.11 bits per heavy atom. The third kappa shape index (κ3) is 2.53. The van der Waals surface area contributed by atoms with E-state index in [-0.39, 0.29) is 0 Å². The first-order valence-corrected chi connectivity index (χ1v) is 7.13. The third-order valence-electron chi connectivity index (χ3n) is 2.92. The van der Waals surface area contributed by atoms with Gasteiger partial charge in [-0.2, -0.15) is 0 Å². The molecule has 0 fully saturated rings. The Hall–Kier alpha value is -1.71. The molecule has 0 spiro atoms. The molecule has 3 aromatic rings. The Labute approximate surface area is 120 Å². The molecule has 0 saturated heterocycles. The van der Waals surface area contributed by atoms with Crippen molar-refractivity contribution in [3.8, 4) is 5.75 Å². The van der Waals surface area contributed by atoms with Crippen molar-refractivity contribution in [2.45, 2.75) is 6.61 Å². The van der Waals surface area contributed by atoms with E-state index in [0.717, 1.165) is 22.4 Å². The summed E-state index contributed by atoms with van der Waals surface area (Å²) in [5.41, 5.74) is 7.94. The minimum absolute atomic E-state index is 0.510. The standard InChI is InChI=1S/C15H12ClNOS/c16-11-4-6-12(7-5-11)18-8-10-9-19-14-3-1-2-13(17)15(10)14/h1-7,9H,8,17H2. The predicted molar refractivity (Wildman–Crippen MR) is 82.0 cm³/mol. The van der Waals surface area contributed by atoms with E-state index < -0.39 is 0 Å². The second kappa shape index (κ2) is 5.11. The van der Waals surface area contributed by atoms with Crippen molar-refractivity contribution in [1.29, 1.82) is 0 Å². The van der Waals surface area contributed by atoms with Gasteiger partial charge in [-0.25, -0.2) is 0 Å². The average molecular weight is 290 g/mol. The monoisotopic (exact) mass is 289 g/mol. The Morgan fingerprint density at radius 2 is 1.89 bits per heavy atom. The number of hydrogen-bond acceptors (Lipinski definition) is 3. The van der Waals surface area contributed by atoms with E-state index in [2.05, 4.69) is 11.4 Å². The maximum absolute atomic E-state index is 6.02. The fourth-order valence-electron chi connectivity index (χ4n) is 1.98. The van der Waals surface area contributed by atoms with Crippen LogP contribution in [0.1, 0.15) is 5.56 Å². The molecule has 2 N–H and O–H groups in total. The highest BCUT2D eigenvalue weighted by atomic mass is 35.5. The largest absolute Gasteiger partial charge is 0.489 e. The minimum atomic E-state index is 0.510. The number of benzene rings is 2. The van der Waals surface area contributed by atoms with Crippen LogP contribution < -0.4 is 10.5 Å². The molecule has 0 unspecified atom stereocenters. The zero-order valence-corrected chi connectivity index (χ0v) is 11.7. The summed E-state index contributed by atoms with van der Waals surface area (Å²) in [5.74, 6) is 0.804. The van der Waals surface area contributed by atoms with Gasteiger partial charge in [-0.05, 0) is 41.8 Å². The number of anilines is 1. The van der Waals surface area contributed by atoms with Gasteiger partial charge in [-0.1, -0.05) is 17.7 Å². The lowest BCUT2D eigenvalue weighted by atomic mass is 10.1. The molecular weight excluding hydrogens is 278 g/mol. The lowest BCUT2D eigenvalue weighted by Crippen LogP contribution is -1.95. The molecule has 3 rings (SSSR count). The van der Waals surface area contributed by atoms with Crippen LogP contribution in [0, 0.1) is 0 Å². The van der Waals surface area contributed by atoms with Crippen molar-refractivity contribution in [3.63, 3.8) is 0 Å². The van der Waals surface area contributed by atoms with Crippen molar-refractivity contribution in [2.24, 2.45) is 0 Å². The van der Waals surface area contributed by atoms with Gasteiger partial charge in [0.25, 0.3) is 0 Å². The molecule has 0 aliphatic carbocycles. The second-order valence-electron chi connectivity index (χ2n) is 4.22. The quantitative estimate of drug-likeness (QED) is 0.708. The number of thiophene rings is 1. The number of halogens is 1. The van der Waals surface area contributed by atoms with E-state index in [4.69, 9.17) is 22.1 Å². The van der Waals surface area contributed by atoms with E-state index in [0.29, 0.717) is 11.6 Å². The Bertz CT molecular complexity index is 706. The summed E-state index contributed by atoms with van der Waals surface area (Å²) >= 11 is 7.52. The maximum atomic E-state index is 6.02. The lowest BCUT2D eigenvalue weighted by Gasteiger charge is -2.06. The highest BCUT2D eigenvalue weighted by Crippen LogP contribution is 2.31. The van der Waals surface area contributed by atoms with Crippen molar-refractivity contribution in [3.05, 3.63) is 58.4 Å². The summed E-state index contributed by atoms with van der Waals surface area (Å²) in [6.07, 6.45) is 0. The third-order valence-corrected chi connectivity index (χ3v) is 4.16. The summed E-state index contributed by atoms with van der Waals surface area (Å²) in [6, 6.07) is 13.3. The fraction of sp³-hybridized carbons (Fsp3) is 0.0667. The molecule has 19 heavy (non-hydrogen) atoms.